The molecule has 1 heterocycles. The zero-order valence-corrected chi connectivity index (χ0v) is 11.6. The van der Waals surface area contributed by atoms with E-state index in [2.05, 4.69) is 32.3 Å². The van der Waals surface area contributed by atoms with E-state index in [0.29, 0.717) is 0 Å². The van der Waals surface area contributed by atoms with E-state index in [1.165, 1.54) is 0 Å². The molecule has 1 N–H and O–H groups in total. The highest BCUT2D eigenvalue weighted by Gasteiger charge is 2.14. The summed E-state index contributed by atoms with van der Waals surface area (Å²) in [4.78, 5) is 4.08. The molecule has 0 aliphatic heterocycles. The Balaban J connectivity index is 2.20. The standard InChI is InChI=1S/C13H13BrN4/c1-2-18-9-16-8-13(18)12(7-15)17-11-5-3-10(14)4-6-11/h3-6,8-9,12,17H,2H2,1H3. The molecule has 4 nitrogen and oxygen atoms in total. The summed E-state index contributed by atoms with van der Waals surface area (Å²) in [5, 5.41) is 12.5. The Morgan fingerprint density at radius 3 is 2.78 bits per heavy atom. The summed E-state index contributed by atoms with van der Waals surface area (Å²) in [6, 6.07) is 9.60. The van der Waals surface area contributed by atoms with Gasteiger partial charge in [0, 0.05) is 16.7 Å². The van der Waals surface area contributed by atoms with E-state index in [0.717, 1.165) is 22.4 Å². The van der Waals surface area contributed by atoms with Gasteiger partial charge in [0.25, 0.3) is 0 Å². The fraction of sp³-hybridized carbons (Fsp3) is 0.231. The van der Waals surface area contributed by atoms with Crippen LogP contribution in [0.25, 0.3) is 0 Å². The van der Waals surface area contributed by atoms with Crippen LogP contribution in [0.15, 0.2) is 41.3 Å². The molecular weight excluding hydrogens is 292 g/mol. The molecule has 2 rings (SSSR count). The third-order valence-corrected chi connectivity index (χ3v) is 3.19. The number of benzene rings is 1. The van der Waals surface area contributed by atoms with Crippen LogP contribution in [0, 0.1) is 11.3 Å². The first-order valence-electron chi connectivity index (χ1n) is 5.66. The van der Waals surface area contributed by atoms with Gasteiger partial charge in [0.1, 0.15) is 0 Å². The number of hydrogen-bond acceptors (Lipinski definition) is 3. The number of nitriles is 1. The molecule has 0 saturated heterocycles. The lowest BCUT2D eigenvalue weighted by Crippen LogP contribution is -2.13. The summed E-state index contributed by atoms with van der Waals surface area (Å²) in [5.74, 6) is 0. The number of imidazole rings is 1. The third kappa shape index (κ3) is 2.71. The quantitative estimate of drug-likeness (QED) is 0.942. The number of nitrogens with one attached hydrogen (secondary N) is 1. The smallest absolute Gasteiger partial charge is 0.156 e. The second-order valence-corrected chi connectivity index (χ2v) is 4.73. The van der Waals surface area contributed by atoms with Crippen LogP contribution in [0.2, 0.25) is 0 Å². The number of halogens is 1. The van der Waals surface area contributed by atoms with Crippen molar-refractivity contribution < 1.29 is 0 Å². The van der Waals surface area contributed by atoms with E-state index in [-0.39, 0.29) is 0 Å². The molecule has 18 heavy (non-hydrogen) atoms. The van der Waals surface area contributed by atoms with Crippen LogP contribution in [-0.4, -0.2) is 9.55 Å². The van der Waals surface area contributed by atoms with Crippen molar-refractivity contribution in [2.45, 2.75) is 19.5 Å². The number of anilines is 1. The maximum absolute atomic E-state index is 9.27. The highest BCUT2D eigenvalue weighted by Crippen LogP contribution is 2.20. The van der Waals surface area contributed by atoms with E-state index in [4.69, 9.17) is 0 Å². The normalized spacial score (nSPS) is 11.8. The van der Waals surface area contributed by atoms with Gasteiger partial charge in [0.2, 0.25) is 0 Å². The molecule has 0 radical (unpaired) electrons. The van der Waals surface area contributed by atoms with Gasteiger partial charge in [-0.25, -0.2) is 4.98 Å². The first-order valence-corrected chi connectivity index (χ1v) is 6.45. The Bertz CT molecular complexity index is 553. The minimum Gasteiger partial charge on any atom is -0.365 e. The van der Waals surface area contributed by atoms with Gasteiger partial charge in [-0.1, -0.05) is 15.9 Å². The van der Waals surface area contributed by atoms with Crippen molar-refractivity contribution in [3.63, 3.8) is 0 Å². The van der Waals surface area contributed by atoms with E-state index < -0.39 is 6.04 Å². The predicted molar refractivity (Wildman–Crippen MR) is 74.0 cm³/mol. The van der Waals surface area contributed by atoms with Crippen molar-refractivity contribution in [1.82, 2.24) is 9.55 Å². The van der Waals surface area contributed by atoms with Crippen LogP contribution in [0.3, 0.4) is 0 Å². The number of nitrogens with zero attached hydrogens (tertiary/aromatic N) is 3. The molecule has 1 aromatic carbocycles. The maximum atomic E-state index is 9.27. The zero-order valence-electron chi connectivity index (χ0n) is 9.97. The number of rotatable bonds is 4. The molecule has 2 aromatic rings. The summed E-state index contributed by atoms with van der Waals surface area (Å²) in [7, 11) is 0. The molecule has 92 valence electrons. The van der Waals surface area contributed by atoms with Gasteiger partial charge in [0.15, 0.2) is 6.04 Å². The Kier molecular flexibility index (Phi) is 4.00. The van der Waals surface area contributed by atoms with Crippen LogP contribution >= 0.6 is 15.9 Å². The maximum Gasteiger partial charge on any atom is 0.156 e. The van der Waals surface area contributed by atoms with Gasteiger partial charge in [0.05, 0.1) is 24.3 Å². The van der Waals surface area contributed by atoms with E-state index in [1.54, 1.807) is 12.5 Å². The van der Waals surface area contributed by atoms with Gasteiger partial charge in [-0.2, -0.15) is 5.26 Å². The fourth-order valence-electron chi connectivity index (χ4n) is 1.72. The monoisotopic (exact) mass is 304 g/mol. The van der Waals surface area contributed by atoms with Crippen LogP contribution in [0.1, 0.15) is 18.7 Å². The minimum atomic E-state index is -0.395. The fourth-order valence-corrected chi connectivity index (χ4v) is 1.99. The molecule has 5 heteroatoms. The van der Waals surface area contributed by atoms with Crippen molar-refractivity contribution in [2.75, 3.05) is 5.32 Å². The lowest BCUT2D eigenvalue weighted by molar-refractivity contribution is 0.701. The Hall–Kier alpha value is -1.80. The molecule has 0 amide bonds. The van der Waals surface area contributed by atoms with Crippen LogP contribution in [0.5, 0.6) is 0 Å². The van der Waals surface area contributed by atoms with Gasteiger partial charge >= 0.3 is 0 Å². The molecule has 1 aromatic heterocycles. The van der Waals surface area contributed by atoms with E-state index in [1.807, 2.05) is 35.8 Å². The molecule has 0 spiro atoms. The molecule has 0 aliphatic carbocycles. The molecular formula is C13H13BrN4. The Morgan fingerprint density at radius 2 is 2.17 bits per heavy atom. The van der Waals surface area contributed by atoms with E-state index in [9.17, 15) is 5.26 Å². The van der Waals surface area contributed by atoms with Crippen LogP contribution in [0.4, 0.5) is 5.69 Å². The topological polar surface area (TPSA) is 53.6 Å². The number of hydrogen-bond donors (Lipinski definition) is 1. The molecule has 0 fully saturated rings. The third-order valence-electron chi connectivity index (χ3n) is 2.67. The first kappa shape index (κ1) is 12.7. The van der Waals surface area contributed by atoms with Gasteiger partial charge in [-0.3, -0.25) is 0 Å². The van der Waals surface area contributed by atoms with Crippen molar-refractivity contribution >= 4 is 21.6 Å². The number of aromatic nitrogens is 2. The van der Waals surface area contributed by atoms with Crippen molar-refractivity contribution in [1.29, 1.82) is 5.26 Å². The van der Waals surface area contributed by atoms with Crippen molar-refractivity contribution in [2.24, 2.45) is 0 Å². The highest BCUT2D eigenvalue weighted by molar-refractivity contribution is 9.10. The Morgan fingerprint density at radius 1 is 1.44 bits per heavy atom. The summed E-state index contributed by atoms with van der Waals surface area (Å²) in [5.41, 5.74) is 1.79. The predicted octanol–water partition coefficient (Wildman–Crippen LogP) is 3.34. The lowest BCUT2D eigenvalue weighted by atomic mass is 10.2. The van der Waals surface area contributed by atoms with Gasteiger partial charge in [-0.15, -0.1) is 0 Å². The SMILES string of the molecule is CCn1cncc1C(C#N)Nc1ccc(Br)cc1. The summed E-state index contributed by atoms with van der Waals surface area (Å²) >= 11 is 3.38. The van der Waals surface area contributed by atoms with Gasteiger partial charge < -0.3 is 9.88 Å². The largest absolute Gasteiger partial charge is 0.365 e. The number of aryl methyl sites for hydroxylation is 1. The molecule has 1 atom stereocenters. The summed E-state index contributed by atoms with van der Waals surface area (Å²) in [6.45, 7) is 2.83. The van der Waals surface area contributed by atoms with E-state index >= 15 is 0 Å². The van der Waals surface area contributed by atoms with Gasteiger partial charge in [-0.05, 0) is 31.2 Å². The van der Waals surface area contributed by atoms with Crippen molar-refractivity contribution in [3.05, 3.63) is 47.0 Å². The highest BCUT2D eigenvalue weighted by atomic mass is 79.9. The summed E-state index contributed by atoms with van der Waals surface area (Å²) in [6.07, 6.45) is 3.46. The molecule has 0 bridgehead atoms. The second kappa shape index (κ2) is 5.69. The molecule has 0 aliphatic rings. The Labute approximate surface area is 114 Å². The van der Waals surface area contributed by atoms with Crippen LogP contribution < -0.4 is 5.32 Å². The zero-order chi connectivity index (χ0) is 13.0. The molecule has 0 saturated carbocycles. The van der Waals surface area contributed by atoms with Crippen LogP contribution in [-0.2, 0) is 6.54 Å². The second-order valence-electron chi connectivity index (χ2n) is 3.82. The molecule has 1 unspecified atom stereocenters. The average Bonchev–Trinajstić information content (AvgIpc) is 2.86. The minimum absolute atomic E-state index is 0.395. The first-order chi connectivity index (χ1) is 8.74. The summed E-state index contributed by atoms with van der Waals surface area (Å²) < 4.78 is 2.97. The van der Waals surface area contributed by atoms with Crippen molar-refractivity contribution in [3.8, 4) is 6.07 Å². The average molecular weight is 305 g/mol. The lowest BCUT2D eigenvalue weighted by Gasteiger charge is -2.14.